The van der Waals surface area contributed by atoms with Gasteiger partial charge in [0.05, 0.1) is 13.1 Å². The number of nitrogens with zero attached hydrogens (tertiary/aromatic N) is 2. The van der Waals surface area contributed by atoms with E-state index in [1.54, 1.807) is 19.1 Å². The number of rotatable bonds is 11. The molecule has 7 heteroatoms. The normalized spacial score (nSPS) is 13.3. The van der Waals surface area contributed by atoms with Gasteiger partial charge in [0.15, 0.2) is 6.79 Å². The maximum Gasteiger partial charge on any atom is 0.242 e. The van der Waals surface area contributed by atoms with E-state index in [-0.39, 0.29) is 18.5 Å². The molecule has 2 rings (SSSR count). The van der Waals surface area contributed by atoms with Crippen LogP contribution in [-0.4, -0.2) is 68.7 Å². The van der Waals surface area contributed by atoms with Crippen molar-refractivity contribution in [2.45, 2.75) is 46.6 Å². The average Bonchev–Trinajstić information content (AvgIpc) is 2.90. The molecule has 0 radical (unpaired) electrons. The number of hydrogen-bond donors (Lipinski definition) is 1. The van der Waals surface area contributed by atoms with E-state index in [9.17, 15) is 9.59 Å². The lowest BCUT2D eigenvalue weighted by atomic mass is 10.0. The van der Waals surface area contributed by atoms with Crippen molar-refractivity contribution < 1.29 is 19.1 Å². The second kappa shape index (κ2) is 19.8. The highest BCUT2D eigenvalue weighted by Crippen LogP contribution is 2.20. The number of hydrogen-bond acceptors (Lipinski definition) is 5. The average molecular weight is 498 g/mol. The number of benzene rings is 1. The van der Waals surface area contributed by atoms with E-state index in [2.05, 4.69) is 17.8 Å². The fourth-order valence-corrected chi connectivity index (χ4v) is 3.28. The summed E-state index contributed by atoms with van der Waals surface area (Å²) < 4.78 is 10.0. The lowest BCUT2D eigenvalue weighted by Crippen LogP contribution is -2.45. The molecule has 198 valence electrons. The van der Waals surface area contributed by atoms with Gasteiger partial charge in [0.25, 0.3) is 0 Å². The Morgan fingerprint density at radius 2 is 2.06 bits per heavy atom. The molecule has 0 bridgehead atoms. The summed E-state index contributed by atoms with van der Waals surface area (Å²) in [6, 6.07) is 7.65. The smallest absolute Gasteiger partial charge is 0.242 e. The molecule has 1 unspecified atom stereocenters. The first kappa shape index (κ1) is 32.5. The fourth-order valence-electron chi connectivity index (χ4n) is 3.28. The monoisotopic (exact) mass is 497 g/mol. The van der Waals surface area contributed by atoms with Crippen LogP contribution in [0.15, 0.2) is 60.3 Å². The van der Waals surface area contributed by atoms with Gasteiger partial charge in [-0.25, -0.2) is 0 Å². The Morgan fingerprint density at radius 3 is 2.61 bits per heavy atom. The molecular formula is C29H43N3O4. The lowest BCUT2D eigenvalue weighted by molar-refractivity contribution is -0.134. The molecule has 0 fully saturated rings. The van der Waals surface area contributed by atoms with E-state index in [4.69, 9.17) is 15.9 Å². The Bertz CT molecular complexity index is 902. The second-order valence-corrected chi connectivity index (χ2v) is 7.79. The molecular weight excluding hydrogens is 454 g/mol. The zero-order valence-corrected chi connectivity index (χ0v) is 22.8. The topological polar surface area (TPSA) is 71.1 Å². The van der Waals surface area contributed by atoms with E-state index in [1.165, 1.54) is 10.5 Å². The molecule has 1 aromatic carbocycles. The molecule has 0 spiro atoms. The number of allylic oxidation sites excluding steroid dienone is 2. The number of likely N-dealkylation sites (N-methyl/N-ethyl adjacent to an activating group) is 1. The molecule has 1 aromatic rings. The van der Waals surface area contributed by atoms with E-state index in [0.29, 0.717) is 26.3 Å². The molecule has 1 aliphatic rings. The maximum atomic E-state index is 12.3. The molecule has 0 saturated heterocycles. The Labute approximate surface area is 217 Å². The third-order valence-corrected chi connectivity index (χ3v) is 5.09. The van der Waals surface area contributed by atoms with Crippen LogP contribution in [0.5, 0.6) is 5.75 Å². The first-order valence-corrected chi connectivity index (χ1v) is 12.2. The molecule has 0 aromatic heterocycles. The van der Waals surface area contributed by atoms with Gasteiger partial charge < -0.3 is 24.6 Å². The van der Waals surface area contributed by atoms with Gasteiger partial charge in [-0.1, -0.05) is 56.2 Å². The van der Waals surface area contributed by atoms with Gasteiger partial charge in [-0.2, -0.15) is 0 Å². The summed E-state index contributed by atoms with van der Waals surface area (Å²) in [5.74, 6) is 3.50. The molecule has 1 aliphatic heterocycles. The summed E-state index contributed by atoms with van der Waals surface area (Å²) in [5, 5.41) is 3.33. The minimum atomic E-state index is -0.206. The Morgan fingerprint density at radius 1 is 1.36 bits per heavy atom. The van der Waals surface area contributed by atoms with E-state index < -0.39 is 0 Å². The summed E-state index contributed by atoms with van der Waals surface area (Å²) >= 11 is 0. The van der Waals surface area contributed by atoms with Crippen LogP contribution in [0.2, 0.25) is 0 Å². The summed E-state index contributed by atoms with van der Waals surface area (Å²) in [4.78, 5) is 26.0. The predicted molar refractivity (Wildman–Crippen MR) is 147 cm³/mol. The predicted octanol–water partition coefficient (Wildman–Crippen LogP) is 4.31. The van der Waals surface area contributed by atoms with Crippen molar-refractivity contribution in [1.29, 1.82) is 0 Å². The van der Waals surface area contributed by atoms with Crippen molar-refractivity contribution >= 4 is 12.3 Å². The number of carbonyl (C=O) groups is 2. The van der Waals surface area contributed by atoms with Crippen LogP contribution in [-0.2, 0) is 14.3 Å². The summed E-state index contributed by atoms with van der Waals surface area (Å²) in [6.07, 6.45) is 13.4. The molecule has 36 heavy (non-hydrogen) atoms. The highest BCUT2D eigenvalue weighted by Gasteiger charge is 2.23. The fraction of sp³-hybridized carbons (Fsp3) is 0.448. The number of methoxy groups -OCH3 is 1. The van der Waals surface area contributed by atoms with Gasteiger partial charge in [-0.15, -0.1) is 13.0 Å². The SMILES string of the molecule is C#CC(/C=C\C)NC1=C(CC=C)CCN(C(=O)CN(C)C=O)C1.CC.COCOc1ccccc1C. The van der Waals surface area contributed by atoms with Crippen molar-refractivity contribution in [2.75, 3.05) is 40.6 Å². The van der Waals surface area contributed by atoms with E-state index in [0.717, 1.165) is 29.9 Å². The number of para-hydroxylation sites is 1. The summed E-state index contributed by atoms with van der Waals surface area (Å²) in [7, 11) is 3.20. The minimum absolute atomic E-state index is 0.0696. The van der Waals surface area contributed by atoms with Crippen LogP contribution in [0.3, 0.4) is 0 Å². The van der Waals surface area contributed by atoms with Crippen molar-refractivity contribution in [1.82, 2.24) is 15.1 Å². The first-order chi connectivity index (χ1) is 17.4. The Balaban J connectivity index is 0.000000784. The van der Waals surface area contributed by atoms with E-state index in [1.807, 2.05) is 70.2 Å². The van der Waals surface area contributed by atoms with Crippen molar-refractivity contribution in [3.8, 4) is 18.1 Å². The maximum absolute atomic E-state index is 12.3. The van der Waals surface area contributed by atoms with Gasteiger partial charge in [0, 0.05) is 26.4 Å². The van der Waals surface area contributed by atoms with Crippen LogP contribution in [0.1, 0.15) is 39.2 Å². The van der Waals surface area contributed by atoms with Gasteiger partial charge in [0.2, 0.25) is 12.3 Å². The zero-order chi connectivity index (χ0) is 27.3. The first-order valence-electron chi connectivity index (χ1n) is 12.2. The molecule has 0 saturated carbocycles. The second-order valence-electron chi connectivity index (χ2n) is 7.79. The Hall–Kier alpha value is -3.50. The number of amides is 2. The molecule has 1 heterocycles. The number of terminal acetylenes is 1. The van der Waals surface area contributed by atoms with Gasteiger partial charge in [0.1, 0.15) is 11.8 Å². The minimum Gasteiger partial charge on any atom is -0.467 e. The quantitative estimate of drug-likeness (QED) is 0.214. The number of aryl methyl sites for hydroxylation is 1. The lowest BCUT2D eigenvalue weighted by Gasteiger charge is -2.33. The van der Waals surface area contributed by atoms with Crippen LogP contribution in [0, 0.1) is 19.3 Å². The third-order valence-electron chi connectivity index (χ3n) is 5.09. The largest absolute Gasteiger partial charge is 0.467 e. The van der Waals surface area contributed by atoms with Gasteiger partial charge in [-0.05, 0) is 43.9 Å². The van der Waals surface area contributed by atoms with Crippen LogP contribution >= 0.6 is 0 Å². The zero-order valence-electron chi connectivity index (χ0n) is 22.8. The number of carbonyl (C=O) groups excluding carboxylic acids is 2. The highest BCUT2D eigenvalue weighted by molar-refractivity contribution is 5.80. The highest BCUT2D eigenvalue weighted by atomic mass is 16.7. The van der Waals surface area contributed by atoms with Gasteiger partial charge >= 0.3 is 0 Å². The van der Waals surface area contributed by atoms with E-state index >= 15 is 0 Å². The summed E-state index contributed by atoms with van der Waals surface area (Å²) in [5.41, 5.74) is 3.32. The van der Waals surface area contributed by atoms with Crippen molar-refractivity contribution in [2.24, 2.45) is 0 Å². The molecule has 1 N–H and O–H groups in total. The number of nitrogens with one attached hydrogen (secondary N) is 1. The number of ether oxygens (including phenoxy) is 2. The summed E-state index contributed by atoms with van der Waals surface area (Å²) in [6.45, 7) is 13.2. The molecule has 7 nitrogen and oxygen atoms in total. The van der Waals surface area contributed by atoms with Crippen molar-refractivity contribution in [3.05, 3.63) is 65.9 Å². The third kappa shape index (κ3) is 12.3. The van der Waals surface area contributed by atoms with Crippen LogP contribution in [0.25, 0.3) is 0 Å². The van der Waals surface area contributed by atoms with Crippen molar-refractivity contribution in [3.63, 3.8) is 0 Å². The van der Waals surface area contributed by atoms with Crippen LogP contribution in [0.4, 0.5) is 0 Å². The standard InChI is InChI=1S/C18H25N3O2.C9H12O2.C2H6/c1-5-8-15-10-11-21(18(23)13-20(4)14-22)12-17(15)19-16(7-3)9-6-2;1-8-5-3-4-6-9(8)11-7-10-2;1-2/h3,5-6,9,14,16,19H,1,8,10-13H2,2,4H3;3-6H,7H2,1-2H3;1-2H3/b9-6-;;. The molecule has 0 aliphatic carbocycles. The van der Waals surface area contributed by atoms with Crippen LogP contribution < -0.4 is 10.1 Å². The van der Waals surface area contributed by atoms with Gasteiger partial charge in [-0.3, -0.25) is 9.59 Å². The molecule has 1 atom stereocenters. The Kier molecular flexibility index (Phi) is 17.8. The molecule has 2 amide bonds.